The van der Waals surface area contributed by atoms with Crippen LogP contribution in [0.3, 0.4) is 0 Å². The Morgan fingerprint density at radius 1 is 1.09 bits per heavy atom. The van der Waals surface area contributed by atoms with Crippen molar-refractivity contribution in [3.8, 4) is 17.2 Å². The van der Waals surface area contributed by atoms with E-state index in [-0.39, 0.29) is 30.3 Å². The summed E-state index contributed by atoms with van der Waals surface area (Å²) in [5.74, 6) is -0.455. The van der Waals surface area contributed by atoms with Crippen molar-refractivity contribution in [3.63, 3.8) is 0 Å². The topological polar surface area (TPSA) is 105 Å². The molecular weight excluding hydrogens is 304 g/mol. The summed E-state index contributed by atoms with van der Waals surface area (Å²) in [5.41, 5.74) is -0.0499. The van der Waals surface area contributed by atoms with Crippen LogP contribution in [0.2, 0.25) is 0 Å². The molecular formula is C16H22O7. The summed E-state index contributed by atoms with van der Waals surface area (Å²) >= 11 is 0. The third-order valence-electron chi connectivity index (χ3n) is 3.72. The average Bonchev–Trinajstić information content (AvgIpc) is 2.54. The summed E-state index contributed by atoms with van der Waals surface area (Å²) in [6.07, 6.45) is -0.0849. The second-order valence-corrected chi connectivity index (χ2v) is 5.42. The highest BCUT2D eigenvalue weighted by Gasteiger charge is 2.23. The number of carbonyl (C=O) groups excluding carboxylic acids is 1. The molecule has 2 atom stereocenters. The van der Waals surface area contributed by atoms with Gasteiger partial charge in [0, 0.05) is 12.1 Å². The Balaban J connectivity index is 2.24. The molecule has 2 rings (SSSR count). The predicted molar refractivity (Wildman–Crippen MR) is 80.9 cm³/mol. The lowest BCUT2D eigenvalue weighted by atomic mass is 10.0. The molecule has 0 saturated carbocycles. The summed E-state index contributed by atoms with van der Waals surface area (Å²) in [5, 5.41) is 29.7. The smallest absolute Gasteiger partial charge is 0.345 e. The molecule has 23 heavy (non-hydrogen) atoms. The molecule has 2 unspecified atom stereocenters. The summed E-state index contributed by atoms with van der Waals surface area (Å²) < 4.78 is 15.7. The molecule has 0 spiro atoms. The van der Waals surface area contributed by atoms with Crippen molar-refractivity contribution < 1.29 is 34.3 Å². The van der Waals surface area contributed by atoms with Crippen molar-refractivity contribution in [2.24, 2.45) is 0 Å². The van der Waals surface area contributed by atoms with Gasteiger partial charge in [-0.3, -0.25) is 0 Å². The molecule has 7 heteroatoms. The monoisotopic (exact) mass is 326 g/mol. The van der Waals surface area contributed by atoms with Gasteiger partial charge in [0.2, 0.25) is 0 Å². The third-order valence-corrected chi connectivity index (χ3v) is 3.72. The number of benzene rings is 1. The third kappa shape index (κ3) is 4.49. The van der Waals surface area contributed by atoms with Crippen LogP contribution < -0.4 is 9.47 Å². The zero-order chi connectivity index (χ0) is 16.8. The van der Waals surface area contributed by atoms with E-state index in [9.17, 15) is 20.1 Å². The van der Waals surface area contributed by atoms with Crippen molar-refractivity contribution >= 4 is 5.97 Å². The molecule has 0 fully saturated rings. The molecule has 1 aromatic carbocycles. The molecule has 7 nitrogen and oxygen atoms in total. The average molecular weight is 326 g/mol. The van der Waals surface area contributed by atoms with E-state index >= 15 is 0 Å². The Hall–Kier alpha value is -1.99. The highest BCUT2D eigenvalue weighted by Crippen LogP contribution is 2.34. The van der Waals surface area contributed by atoms with Crippen molar-refractivity contribution in [3.05, 3.63) is 17.7 Å². The van der Waals surface area contributed by atoms with Gasteiger partial charge in [-0.1, -0.05) is 0 Å². The summed E-state index contributed by atoms with van der Waals surface area (Å²) in [6.45, 7) is 0.296. The van der Waals surface area contributed by atoms with Crippen molar-refractivity contribution in [2.75, 3.05) is 20.3 Å². The molecule has 1 aliphatic rings. The largest absolute Gasteiger partial charge is 0.507 e. The zero-order valence-corrected chi connectivity index (χ0v) is 13.0. The quantitative estimate of drug-likeness (QED) is 0.667. The molecule has 0 bridgehead atoms. The highest BCUT2D eigenvalue weighted by atomic mass is 16.5. The first-order valence-corrected chi connectivity index (χ1v) is 7.60. The van der Waals surface area contributed by atoms with Gasteiger partial charge in [-0.25, -0.2) is 4.79 Å². The first-order valence-electron chi connectivity index (χ1n) is 7.60. The van der Waals surface area contributed by atoms with Gasteiger partial charge in [-0.05, 0) is 25.7 Å². The Morgan fingerprint density at radius 3 is 2.30 bits per heavy atom. The Kier molecular flexibility index (Phi) is 6.06. The second-order valence-electron chi connectivity index (χ2n) is 5.42. The van der Waals surface area contributed by atoms with Crippen molar-refractivity contribution in [1.29, 1.82) is 0 Å². The number of carbonyl (C=O) groups is 1. The standard InChI is InChI=1S/C16H22O7/c1-21-10-8-13(19)15-14(9-10)22-6-2-4-11(17)12(18)5-3-7-23-16(15)20/h8-9,11-12,17-19H,2-7H2,1H3. The second kappa shape index (κ2) is 8.03. The molecule has 128 valence electrons. The number of phenols is 1. The van der Waals surface area contributed by atoms with Gasteiger partial charge in [0.25, 0.3) is 0 Å². The SMILES string of the molecule is COc1cc(O)c2c(c1)OCCCC(O)C(O)CCCOC2=O. The minimum atomic E-state index is -0.856. The Bertz CT molecular complexity index is 543. The number of ether oxygens (including phenoxy) is 3. The van der Waals surface area contributed by atoms with Gasteiger partial charge in [-0.15, -0.1) is 0 Å². The van der Waals surface area contributed by atoms with E-state index in [2.05, 4.69) is 0 Å². The summed E-state index contributed by atoms with van der Waals surface area (Å²) in [4.78, 5) is 12.2. The highest BCUT2D eigenvalue weighted by molar-refractivity contribution is 5.95. The fraction of sp³-hybridized carbons (Fsp3) is 0.562. The Labute approximate surface area is 134 Å². The van der Waals surface area contributed by atoms with Gasteiger partial charge in [0.05, 0.1) is 32.5 Å². The molecule has 1 aromatic rings. The van der Waals surface area contributed by atoms with Crippen LogP contribution in [0.25, 0.3) is 0 Å². The summed E-state index contributed by atoms with van der Waals surface area (Å²) in [7, 11) is 1.44. The van der Waals surface area contributed by atoms with E-state index < -0.39 is 18.2 Å². The molecule has 0 aromatic heterocycles. The van der Waals surface area contributed by atoms with Crippen LogP contribution in [0.4, 0.5) is 0 Å². The molecule has 0 saturated heterocycles. The van der Waals surface area contributed by atoms with Crippen molar-refractivity contribution in [1.82, 2.24) is 0 Å². The maximum atomic E-state index is 12.2. The van der Waals surface area contributed by atoms with E-state index in [0.29, 0.717) is 31.4 Å². The maximum absolute atomic E-state index is 12.2. The lowest BCUT2D eigenvalue weighted by molar-refractivity contribution is 0.00236. The molecule has 3 N–H and O–H groups in total. The van der Waals surface area contributed by atoms with Crippen LogP contribution in [-0.2, 0) is 4.74 Å². The van der Waals surface area contributed by atoms with E-state index in [1.54, 1.807) is 0 Å². The van der Waals surface area contributed by atoms with Gasteiger partial charge in [0.15, 0.2) is 0 Å². The number of hydrogen-bond donors (Lipinski definition) is 3. The molecule has 0 radical (unpaired) electrons. The zero-order valence-electron chi connectivity index (χ0n) is 13.0. The number of hydrogen-bond acceptors (Lipinski definition) is 7. The van der Waals surface area contributed by atoms with Crippen molar-refractivity contribution in [2.45, 2.75) is 37.9 Å². The molecule has 0 amide bonds. The number of rotatable bonds is 1. The molecule has 0 aliphatic carbocycles. The normalized spacial score (nSPS) is 23.3. The predicted octanol–water partition coefficient (Wildman–Crippen LogP) is 1.23. The maximum Gasteiger partial charge on any atom is 0.345 e. The molecule has 1 aliphatic heterocycles. The van der Waals surface area contributed by atoms with Crippen LogP contribution in [0.15, 0.2) is 12.1 Å². The number of aliphatic hydroxyl groups excluding tert-OH is 2. The van der Waals surface area contributed by atoms with E-state index in [4.69, 9.17) is 14.2 Å². The van der Waals surface area contributed by atoms with Crippen LogP contribution in [-0.4, -0.2) is 53.8 Å². The first kappa shape index (κ1) is 17.4. The van der Waals surface area contributed by atoms with E-state index in [0.717, 1.165) is 0 Å². The fourth-order valence-corrected chi connectivity index (χ4v) is 2.40. The minimum Gasteiger partial charge on any atom is -0.507 e. The lowest BCUT2D eigenvalue weighted by Crippen LogP contribution is -2.26. The van der Waals surface area contributed by atoms with Gasteiger partial charge < -0.3 is 29.5 Å². The molecule has 1 heterocycles. The fourth-order valence-electron chi connectivity index (χ4n) is 2.40. The van der Waals surface area contributed by atoms with Gasteiger partial charge in [0.1, 0.15) is 22.8 Å². The number of fused-ring (bicyclic) bond motifs is 1. The van der Waals surface area contributed by atoms with Crippen LogP contribution in [0.5, 0.6) is 17.2 Å². The number of esters is 1. The number of phenolic OH excluding ortho intramolecular Hbond substituents is 1. The van der Waals surface area contributed by atoms with Crippen LogP contribution in [0.1, 0.15) is 36.0 Å². The number of cyclic esters (lactones) is 1. The van der Waals surface area contributed by atoms with Gasteiger partial charge >= 0.3 is 5.97 Å². The van der Waals surface area contributed by atoms with Crippen LogP contribution in [0, 0.1) is 0 Å². The lowest BCUT2D eigenvalue weighted by Gasteiger charge is -2.17. The Morgan fingerprint density at radius 2 is 1.70 bits per heavy atom. The number of aliphatic hydroxyl groups is 2. The van der Waals surface area contributed by atoms with Crippen LogP contribution >= 0.6 is 0 Å². The van der Waals surface area contributed by atoms with E-state index in [1.165, 1.54) is 19.2 Å². The summed E-state index contributed by atoms with van der Waals surface area (Å²) in [6, 6.07) is 2.82. The van der Waals surface area contributed by atoms with E-state index in [1.807, 2.05) is 0 Å². The number of aromatic hydroxyl groups is 1. The number of methoxy groups -OCH3 is 1. The first-order chi connectivity index (χ1) is 11.0. The van der Waals surface area contributed by atoms with Gasteiger partial charge in [-0.2, -0.15) is 0 Å². The minimum absolute atomic E-state index is 0.0499.